The second-order valence-electron chi connectivity index (χ2n) is 5.42. The third-order valence-corrected chi connectivity index (χ3v) is 3.89. The molecule has 7 heteroatoms. The Morgan fingerprint density at radius 1 is 1.32 bits per heavy atom. The number of hydrogen-bond donors (Lipinski definition) is 1. The first kappa shape index (κ1) is 14.4. The molecule has 2 fully saturated rings. The molecule has 0 radical (unpaired) electrons. The van der Waals surface area contributed by atoms with Crippen molar-refractivity contribution >= 4 is 6.03 Å². The number of nitrogens with one attached hydrogen (secondary N) is 1. The Kier molecular flexibility index (Phi) is 4.23. The summed E-state index contributed by atoms with van der Waals surface area (Å²) >= 11 is 0. The smallest absolute Gasteiger partial charge is 0.329 e. The molecule has 0 bridgehead atoms. The van der Waals surface area contributed by atoms with Crippen LogP contribution in [0.1, 0.15) is 26.2 Å². The van der Waals surface area contributed by atoms with Crippen LogP contribution in [0.5, 0.6) is 0 Å². The van der Waals surface area contributed by atoms with E-state index < -0.39 is 18.8 Å². The van der Waals surface area contributed by atoms with Gasteiger partial charge in [0.1, 0.15) is 6.54 Å². The minimum atomic E-state index is -4.36. The van der Waals surface area contributed by atoms with Gasteiger partial charge in [-0.05, 0) is 26.3 Å². The normalized spacial score (nSPS) is 28.9. The zero-order chi connectivity index (χ0) is 14.0. The Hall–Kier alpha value is -0.980. The molecule has 2 atom stereocenters. The van der Waals surface area contributed by atoms with Gasteiger partial charge in [-0.3, -0.25) is 4.90 Å². The van der Waals surface area contributed by atoms with E-state index in [0.29, 0.717) is 12.6 Å². The summed E-state index contributed by atoms with van der Waals surface area (Å²) in [5, 5.41) is 1.96. The van der Waals surface area contributed by atoms with Crippen LogP contribution >= 0.6 is 0 Å². The topological polar surface area (TPSA) is 35.6 Å². The molecule has 2 aliphatic rings. The molecule has 0 saturated carbocycles. The molecule has 0 aliphatic carbocycles. The molecular weight excluding hydrogens is 259 g/mol. The lowest BCUT2D eigenvalue weighted by Gasteiger charge is -2.47. The van der Waals surface area contributed by atoms with E-state index in [0.717, 1.165) is 25.9 Å². The van der Waals surface area contributed by atoms with Crippen molar-refractivity contribution in [3.63, 3.8) is 0 Å². The summed E-state index contributed by atoms with van der Waals surface area (Å²) < 4.78 is 36.3. The predicted molar refractivity (Wildman–Crippen MR) is 64.8 cm³/mol. The summed E-state index contributed by atoms with van der Waals surface area (Å²) in [6.07, 6.45) is -1.03. The highest BCUT2D eigenvalue weighted by molar-refractivity contribution is 5.74. The molecule has 110 valence electrons. The van der Waals surface area contributed by atoms with E-state index in [-0.39, 0.29) is 6.04 Å². The summed E-state index contributed by atoms with van der Waals surface area (Å²) in [5.74, 6) is 0. The number of carbonyl (C=O) groups excluding carboxylic acids is 1. The van der Waals surface area contributed by atoms with Gasteiger partial charge < -0.3 is 10.2 Å². The van der Waals surface area contributed by atoms with Crippen LogP contribution < -0.4 is 5.32 Å². The van der Waals surface area contributed by atoms with Gasteiger partial charge in [-0.15, -0.1) is 0 Å². The van der Waals surface area contributed by atoms with E-state index in [1.165, 1.54) is 11.3 Å². The summed E-state index contributed by atoms with van der Waals surface area (Å²) in [6.45, 7) is 2.95. The van der Waals surface area contributed by atoms with Crippen molar-refractivity contribution in [3.8, 4) is 0 Å². The maximum absolute atomic E-state index is 12.1. The van der Waals surface area contributed by atoms with Gasteiger partial charge in [-0.25, -0.2) is 4.79 Å². The highest BCUT2D eigenvalue weighted by Gasteiger charge is 2.36. The Morgan fingerprint density at radius 3 is 2.74 bits per heavy atom. The van der Waals surface area contributed by atoms with Crippen LogP contribution in [0.2, 0.25) is 0 Å². The van der Waals surface area contributed by atoms with Crippen LogP contribution in [0.15, 0.2) is 0 Å². The molecule has 2 unspecified atom stereocenters. The number of nitrogens with zero attached hydrogens (tertiary/aromatic N) is 2. The molecule has 2 saturated heterocycles. The van der Waals surface area contributed by atoms with Gasteiger partial charge in [0.25, 0.3) is 0 Å². The first-order valence-electron chi connectivity index (χ1n) is 6.72. The van der Waals surface area contributed by atoms with Gasteiger partial charge in [0, 0.05) is 25.2 Å². The standard InChI is InChI=1S/C12H20F3N3O/c1-9-6-17-5-3-2-4-10(17)7-18(9)11(19)16-8-12(13,14)15/h9-10H,2-8H2,1H3,(H,16,19). The number of piperazine rings is 1. The fourth-order valence-electron chi connectivity index (χ4n) is 2.91. The van der Waals surface area contributed by atoms with Crippen molar-refractivity contribution in [1.82, 2.24) is 15.1 Å². The zero-order valence-electron chi connectivity index (χ0n) is 11.0. The molecular formula is C12H20F3N3O. The van der Waals surface area contributed by atoms with E-state index in [2.05, 4.69) is 4.90 Å². The van der Waals surface area contributed by atoms with Gasteiger partial charge in [0.2, 0.25) is 0 Å². The number of amides is 2. The average Bonchev–Trinajstić information content (AvgIpc) is 2.34. The third-order valence-electron chi connectivity index (χ3n) is 3.89. The highest BCUT2D eigenvalue weighted by Crippen LogP contribution is 2.24. The van der Waals surface area contributed by atoms with Crippen molar-refractivity contribution in [2.75, 3.05) is 26.2 Å². The van der Waals surface area contributed by atoms with Crippen LogP contribution in [0.25, 0.3) is 0 Å². The van der Waals surface area contributed by atoms with Crippen LogP contribution in [0, 0.1) is 0 Å². The van der Waals surface area contributed by atoms with E-state index in [1.54, 1.807) is 0 Å². The molecule has 0 spiro atoms. The molecule has 19 heavy (non-hydrogen) atoms. The zero-order valence-corrected chi connectivity index (χ0v) is 11.0. The number of urea groups is 1. The quantitative estimate of drug-likeness (QED) is 0.794. The Bertz CT molecular complexity index is 335. The number of hydrogen-bond acceptors (Lipinski definition) is 2. The van der Waals surface area contributed by atoms with Crippen molar-refractivity contribution in [2.45, 2.75) is 44.4 Å². The van der Waals surface area contributed by atoms with Crippen molar-refractivity contribution in [2.24, 2.45) is 0 Å². The van der Waals surface area contributed by atoms with Gasteiger partial charge >= 0.3 is 12.2 Å². The number of rotatable bonds is 1. The van der Waals surface area contributed by atoms with Crippen molar-refractivity contribution in [1.29, 1.82) is 0 Å². The Morgan fingerprint density at radius 2 is 2.05 bits per heavy atom. The fourth-order valence-corrected chi connectivity index (χ4v) is 2.91. The number of halogens is 3. The minimum absolute atomic E-state index is 0.0393. The van der Waals surface area contributed by atoms with E-state index in [9.17, 15) is 18.0 Å². The molecule has 1 N–H and O–H groups in total. The Labute approximate surface area is 110 Å². The van der Waals surface area contributed by atoms with Crippen molar-refractivity contribution in [3.05, 3.63) is 0 Å². The second-order valence-corrected chi connectivity index (χ2v) is 5.42. The molecule has 2 amide bonds. The molecule has 2 heterocycles. The second kappa shape index (κ2) is 5.56. The lowest BCUT2D eigenvalue weighted by atomic mass is 9.97. The molecule has 0 aromatic heterocycles. The van der Waals surface area contributed by atoms with Crippen molar-refractivity contribution < 1.29 is 18.0 Å². The average molecular weight is 279 g/mol. The lowest BCUT2D eigenvalue weighted by molar-refractivity contribution is -0.123. The van der Waals surface area contributed by atoms with Crippen LogP contribution in [0.3, 0.4) is 0 Å². The predicted octanol–water partition coefficient (Wildman–Crippen LogP) is 1.82. The van der Waals surface area contributed by atoms with Gasteiger partial charge in [-0.2, -0.15) is 13.2 Å². The first-order chi connectivity index (χ1) is 8.87. The maximum Gasteiger partial charge on any atom is 0.405 e. The number of carbonyl (C=O) groups is 1. The van der Waals surface area contributed by atoms with Crippen LogP contribution in [-0.2, 0) is 0 Å². The SMILES string of the molecule is CC1CN2CCCCC2CN1C(=O)NCC(F)(F)F. The highest BCUT2D eigenvalue weighted by atomic mass is 19.4. The first-order valence-corrected chi connectivity index (χ1v) is 6.72. The fraction of sp³-hybridized carbons (Fsp3) is 0.917. The van der Waals surface area contributed by atoms with E-state index in [4.69, 9.17) is 0 Å². The van der Waals surface area contributed by atoms with Gasteiger partial charge in [0.05, 0.1) is 0 Å². The minimum Gasteiger partial charge on any atom is -0.329 e. The molecule has 4 nitrogen and oxygen atoms in total. The summed E-state index contributed by atoms with van der Waals surface area (Å²) in [6, 6.07) is -0.334. The third kappa shape index (κ3) is 3.75. The maximum atomic E-state index is 12.1. The number of alkyl halides is 3. The van der Waals surface area contributed by atoms with E-state index in [1.807, 2.05) is 12.2 Å². The number of piperidine rings is 1. The summed E-state index contributed by atoms with van der Waals surface area (Å²) in [4.78, 5) is 15.7. The van der Waals surface area contributed by atoms with Gasteiger partial charge in [0.15, 0.2) is 0 Å². The Balaban J connectivity index is 1.90. The van der Waals surface area contributed by atoms with Crippen LogP contribution in [-0.4, -0.2) is 60.3 Å². The molecule has 2 rings (SSSR count). The summed E-state index contributed by atoms with van der Waals surface area (Å²) in [5.41, 5.74) is 0. The summed E-state index contributed by atoms with van der Waals surface area (Å²) in [7, 11) is 0. The van der Waals surface area contributed by atoms with E-state index >= 15 is 0 Å². The van der Waals surface area contributed by atoms with Gasteiger partial charge in [-0.1, -0.05) is 6.42 Å². The lowest BCUT2D eigenvalue weighted by Crippen LogP contribution is -2.62. The largest absolute Gasteiger partial charge is 0.405 e. The monoisotopic (exact) mass is 279 g/mol. The molecule has 2 aliphatic heterocycles. The number of fused-ring (bicyclic) bond motifs is 1. The van der Waals surface area contributed by atoms with Crippen LogP contribution in [0.4, 0.5) is 18.0 Å². The molecule has 0 aromatic carbocycles. The molecule has 0 aromatic rings.